The molecule has 2 aromatic rings. The van der Waals surface area contributed by atoms with E-state index in [1.165, 1.54) is 14.2 Å². The van der Waals surface area contributed by atoms with E-state index in [1.54, 1.807) is 36.4 Å². The Kier molecular flexibility index (Phi) is 4.53. The zero-order valence-corrected chi connectivity index (χ0v) is 15.2. The zero-order valence-electron chi connectivity index (χ0n) is 13.6. The van der Waals surface area contributed by atoms with E-state index < -0.39 is 17.3 Å². The van der Waals surface area contributed by atoms with Gasteiger partial charge in [-0.25, -0.2) is 0 Å². The van der Waals surface area contributed by atoms with Crippen molar-refractivity contribution in [3.63, 3.8) is 0 Å². The van der Waals surface area contributed by atoms with Crippen LogP contribution in [0.5, 0.6) is 11.5 Å². The monoisotopic (exact) mass is 405 g/mol. The molecule has 3 rings (SSSR count). The fourth-order valence-electron chi connectivity index (χ4n) is 2.81. The van der Waals surface area contributed by atoms with E-state index in [4.69, 9.17) is 9.47 Å². The van der Waals surface area contributed by atoms with Crippen LogP contribution in [0.15, 0.2) is 40.9 Å². The minimum Gasteiger partial charge on any atom is -0.497 e. The van der Waals surface area contributed by atoms with Gasteiger partial charge < -0.3 is 19.9 Å². The molecule has 1 unspecified atom stereocenters. The van der Waals surface area contributed by atoms with Gasteiger partial charge in [0.25, 0.3) is 5.91 Å². The molecular formula is C18H16BrNO5. The first-order valence-corrected chi connectivity index (χ1v) is 8.27. The standard InChI is InChI=1S/C18H16BrNO5/c1-24-12-5-10(6-13(8-12)25-2)16(21)9-18(23)14-4-3-11(19)7-15(14)20-17(18)22/h3-8,23H,9H2,1-2H3,(H,20,22). The van der Waals surface area contributed by atoms with E-state index in [-0.39, 0.29) is 6.42 Å². The first kappa shape index (κ1) is 17.4. The SMILES string of the molecule is COc1cc(OC)cc(C(=O)CC2(O)C(=O)Nc3cc(Br)ccc32)c1. The number of amides is 1. The fourth-order valence-corrected chi connectivity index (χ4v) is 3.17. The van der Waals surface area contributed by atoms with Gasteiger partial charge in [-0.15, -0.1) is 0 Å². The number of hydrogen-bond acceptors (Lipinski definition) is 5. The van der Waals surface area contributed by atoms with Crippen LogP contribution in [0.4, 0.5) is 5.69 Å². The van der Waals surface area contributed by atoms with Crippen molar-refractivity contribution in [2.24, 2.45) is 0 Å². The molecular weight excluding hydrogens is 390 g/mol. The van der Waals surface area contributed by atoms with Gasteiger partial charge in [-0.2, -0.15) is 0 Å². The molecule has 130 valence electrons. The number of carbonyl (C=O) groups is 2. The Morgan fingerprint density at radius 2 is 1.80 bits per heavy atom. The van der Waals surface area contributed by atoms with Gasteiger partial charge in [-0.1, -0.05) is 22.0 Å². The van der Waals surface area contributed by atoms with Crippen LogP contribution >= 0.6 is 15.9 Å². The molecule has 0 bridgehead atoms. The fraction of sp³-hybridized carbons (Fsp3) is 0.222. The van der Waals surface area contributed by atoms with Crippen LogP contribution in [0.3, 0.4) is 0 Å². The number of rotatable bonds is 5. The summed E-state index contributed by atoms with van der Waals surface area (Å²) in [5, 5.41) is 13.5. The van der Waals surface area contributed by atoms with Gasteiger partial charge in [0, 0.05) is 27.4 Å². The Labute approximate surface area is 152 Å². The van der Waals surface area contributed by atoms with Crippen molar-refractivity contribution in [2.75, 3.05) is 19.5 Å². The molecule has 1 heterocycles. The highest BCUT2D eigenvalue weighted by molar-refractivity contribution is 9.10. The van der Waals surface area contributed by atoms with E-state index in [1.807, 2.05) is 0 Å². The van der Waals surface area contributed by atoms with Crippen LogP contribution < -0.4 is 14.8 Å². The van der Waals surface area contributed by atoms with Gasteiger partial charge in [0.1, 0.15) is 11.5 Å². The minimum absolute atomic E-state index is 0.294. The highest BCUT2D eigenvalue weighted by Gasteiger charge is 2.46. The van der Waals surface area contributed by atoms with Crippen LogP contribution in [0.25, 0.3) is 0 Å². The average Bonchev–Trinajstić information content (AvgIpc) is 2.84. The van der Waals surface area contributed by atoms with Crippen LogP contribution in [-0.4, -0.2) is 31.0 Å². The highest BCUT2D eigenvalue weighted by atomic mass is 79.9. The summed E-state index contributed by atoms with van der Waals surface area (Å²) in [7, 11) is 2.96. The summed E-state index contributed by atoms with van der Waals surface area (Å²) in [6.07, 6.45) is -0.385. The average molecular weight is 406 g/mol. The number of anilines is 1. The van der Waals surface area contributed by atoms with Crippen LogP contribution in [0.1, 0.15) is 22.3 Å². The highest BCUT2D eigenvalue weighted by Crippen LogP contribution is 2.40. The number of ketones is 1. The molecule has 7 heteroatoms. The van der Waals surface area contributed by atoms with E-state index >= 15 is 0 Å². The van der Waals surface area contributed by atoms with Gasteiger partial charge in [-0.3, -0.25) is 9.59 Å². The zero-order chi connectivity index (χ0) is 18.2. The molecule has 25 heavy (non-hydrogen) atoms. The molecule has 2 aromatic carbocycles. The van der Waals surface area contributed by atoms with Crippen molar-refractivity contribution >= 4 is 33.3 Å². The summed E-state index contributed by atoms with van der Waals surface area (Å²) in [4.78, 5) is 25.0. The third-order valence-corrected chi connectivity index (χ3v) is 4.63. The molecule has 1 atom stereocenters. The lowest BCUT2D eigenvalue weighted by atomic mass is 9.88. The molecule has 0 saturated heterocycles. The first-order chi connectivity index (χ1) is 11.9. The number of Topliss-reactive ketones (excluding diaryl/α,β-unsaturated/α-hetero) is 1. The van der Waals surface area contributed by atoms with Crippen LogP contribution in [0, 0.1) is 0 Å². The maximum Gasteiger partial charge on any atom is 0.261 e. The molecule has 1 amide bonds. The number of halogens is 1. The lowest BCUT2D eigenvalue weighted by Crippen LogP contribution is -2.36. The summed E-state index contributed by atoms with van der Waals surface area (Å²) in [6.45, 7) is 0. The quantitative estimate of drug-likeness (QED) is 0.747. The number of hydrogen-bond donors (Lipinski definition) is 2. The predicted molar refractivity (Wildman–Crippen MR) is 95.2 cm³/mol. The molecule has 0 radical (unpaired) electrons. The second-order valence-electron chi connectivity index (χ2n) is 5.71. The predicted octanol–water partition coefficient (Wildman–Crippen LogP) is 2.88. The number of methoxy groups -OCH3 is 2. The smallest absolute Gasteiger partial charge is 0.261 e. The molecule has 0 aliphatic carbocycles. The molecule has 0 saturated carbocycles. The maximum absolute atomic E-state index is 12.7. The van der Waals surface area contributed by atoms with E-state index in [2.05, 4.69) is 21.2 Å². The Bertz CT molecular complexity index is 844. The third kappa shape index (κ3) is 3.12. The second kappa shape index (κ2) is 6.50. The number of ether oxygens (including phenoxy) is 2. The Morgan fingerprint density at radius 3 is 2.40 bits per heavy atom. The molecule has 0 aromatic heterocycles. The third-order valence-electron chi connectivity index (χ3n) is 4.14. The van der Waals surface area contributed by atoms with E-state index in [0.717, 1.165) is 4.47 Å². The van der Waals surface area contributed by atoms with Gasteiger partial charge in [-0.05, 0) is 24.3 Å². The van der Waals surface area contributed by atoms with Crippen LogP contribution in [-0.2, 0) is 10.4 Å². The number of benzene rings is 2. The van der Waals surface area contributed by atoms with Gasteiger partial charge in [0.2, 0.25) is 0 Å². The molecule has 0 spiro atoms. The number of fused-ring (bicyclic) bond motifs is 1. The van der Waals surface area contributed by atoms with Crippen molar-refractivity contribution in [2.45, 2.75) is 12.0 Å². The first-order valence-electron chi connectivity index (χ1n) is 7.47. The van der Waals surface area contributed by atoms with Crippen LogP contribution in [0.2, 0.25) is 0 Å². The number of aliphatic hydroxyl groups is 1. The summed E-state index contributed by atoms with van der Waals surface area (Å²) in [5.41, 5.74) is -0.756. The molecule has 1 aliphatic heterocycles. The molecule has 6 nitrogen and oxygen atoms in total. The summed E-state index contributed by atoms with van der Waals surface area (Å²) < 4.78 is 11.1. The minimum atomic E-state index is -1.91. The Hall–Kier alpha value is -2.38. The number of nitrogens with one attached hydrogen (secondary N) is 1. The summed E-state index contributed by atoms with van der Waals surface area (Å²) in [6, 6.07) is 9.75. The van der Waals surface area contributed by atoms with Gasteiger partial charge in [0.05, 0.1) is 20.6 Å². The van der Waals surface area contributed by atoms with Gasteiger partial charge >= 0.3 is 0 Å². The second-order valence-corrected chi connectivity index (χ2v) is 6.62. The Balaban J connectivity index is 1.95. The number of carbonyl (C=O) groups excluding carboxylic acids is 2. The van der Waals surface area contributed by atoms with E-state index in [0.29, 0.717) is 28.3 Å². The normalized spacial score (nSPS) is 18.5. The van der Waals surface area contributed by atoms with Crippen molar-refractivity contribution in [1.82, 2.24) is 0 Å². The Morgan fingerprint density at radius 1 is 1.16 bits per heavy atom. The van der Waals surface area contributed by atoms with Crippen molar-refractivity contribution in [3.05, 3.63) is 52.0 Å². The van der Waals surface area contributed by atoms with Crippen molar-refractivity contribution in [1.29, 1.82) is 0 Å². The topological polar surface area (TPSA) is 84.9 Å². The summed E-state index contributed by atoms with van der Waals surface area (Å²) in [5.74, 6) is -0.112. The molecule has 2 N–H and O–H groups in total. The maximum atomic E-state index is 12.7. The van der Waals surface area contributed by atoms with Crippen molar-refractivity contribution in [3.8, 4) is 11.5 Å². The van der Waals surface area contributed by atoms with E-state index in [9.17, 15) is 14.7 Å². The van der Waals surface area contributed by atoms with Gasteiger partial charge in [0.15, 0.2) is 11.4 Å². The van der Waals surface area contributed by atoms with Crippen molar-refractivity contribution < 1.29 is 24.2 Å². The lowest BCUT2D eigenvalue weighted by molar-refractivity contribution is -0.133. The molecule has 0 fully saturated rings. The largest absolute Gasteiger partial charge is 0.497 e. The molecule has 1 aliphatic rings. The summed E-state index contributed by atoms with van der Waals surface area (Å²) >= 11 is 3.31. The lowest BCUT2D eigenvalue weighted by Gasteiger charge is -2.20.